The Morgan fingerprint density at radius 3 is 2.45 bits per heavy atom. The lowest BCUT2D eigenvalue weighted by molar-refractivity contribution is 0.0900. The van der Waals surface area contributed by atoms with Gasteiger partial charge in [0.2, 0.25) is 0 Å². The summed E-state index contributed by atoms with van der Waals surface area (Å²) in [6.07, 6.45) is 0. The standard InChI is InChI=1S/C24H26N2O4S/c1-18-7-6-10-22(15-18)26-31(28,29)23-16-21(12-11-19(23)2)24(27)25-13-14-30-17-20-8-4-3-5-9-20/h3-12,15-16,26H,13-14,17H2,1-2H3,(H,25,27). The molecule has 0 unspecified atom stereocenters. The first-order valence-corrected chi connectivity index (χ1v) is 11.4. The predicted octanol–water partition coefficient (Wildman–Crippen LogP) is 4.05. The Hall–Kier alpha value is -3.16. The molecule has 1 amide bonds. The molecule has 0 bridgehead atoms. The number of carbonyl (C=O) groups is 1. The van der Waals surface area contributed by atoms with Crippen molar-refractivity contribution in [2.45, 2.75) is 25.3 Å². The average molecular weight is 439 g/mol. The monoisotopic (exact) mass is 438 g/mol. The maximum atomic E-state index is 12.9. The summed E-state index contributed by atoms with van der Waals surface area (Å²) >= 11 is 0. The van der Waals surface area contributed by atoms with Crippen LogP contribution in [-0.4, -0.2) is 27.5 Å². The molecule has 31 heavy (non-hydrogen) atoms. The molecule has 0 atom stereocenters. The summed E-state index contributed by atoms with van der Waals surface area (Å²) in [4.78, 5) is 12.6. The van der Waals surface area contributed by atoms with E-state index in [1.54, 1.807) is 37.3 Å². The number of benzene rings is 3. The normalized spacial score (nSPS) is 11.2. The number of rotatable bonds is 9. The number of amides is 1. The van der Waals surface area contributed by atoms with Gasteiger partial charge in [-0.3, -0.25) is 9.52 Å². The molecule has 0 spiro atoms. The van der Waals surface area contributed by atoms with E-state index < -0.39 is 10.0 Å². The summed E-state index contributed by atoms with van der Waals surface area (Å²) in [7, 11) is -3.83. The van der Waals surface area contributed by atoms with E-state index in [1.165, 1.54) is 6.07 Å². The maximum Gasteiger partial charge on any atom is 0.262 e. The lowest BCUT2D eigenvalue weighted by Gasteiger charge is -2.13. The zero-order valence-electron chi connectivity index (χ0n) is 17.6. The number of nitrogens with one attached hydrogen (secondary N) is 2. The lowest BCUT2D eigenvalue weighted by Crippen LogP contribution is -2.27. The molecular formula is C24H26N2O4S. The maximum absolute atomic E-state index is 12.9. The summed E-state index contributed by atoms with van der Waals surface area (Å²) in [5.74, 6) is -0.352. The minimum absolute atomic E-state index is 0.0713. The highest BCUT2D eigenvalue weighted by molar-refractivity contribution is 7.92. The van der Waals surface area contributed by atoms with Crippen LogP contribution in [0.4, 0.5) is 5.69 Å². The van der Waals surface area contributed by atoms with Crippen LogP contribution in [-0.2, 0) is 21.4 Å². The van der Waals surface area contributed by atoms with Gasteiger partial charge in [-0.15, -0.1) is 0 Å². The molecule has 2 N–H and O–H groups in total. The van der Waals surface area contributed by atoms with E-state index >= 15 is 0 Å². The van der Waals surface area contributed by atoms with Gasteiger partial charge in [-0.2, -0.15) is 0 Å². The van der Waals surface area contributed by atoms with Gasteiger partial charge in [-0.25, -0.2) is 8.42 Å². The van der Waals surface area contributed by atoms with E-state index in [-0.39, 0.29) is 16.4 Å². The molecule has 0 aliphatic carbocycles. The van der Waals surface area contributed by atoms with E-state index in [0.717, 1.165) is 11.1 Å². The Morgan fingerprint density at radius 2 is 1.71 bits per heavy atom. The van der Waals surface area contributed by atoms with E-state index in [1.807, 2.05) is 43.3 Å². The molecule has 3 aromatic rings. The van der Waals surface area contributed by atoms with Gasteiger partial charge in [0.05, 0.1) is 18.1 Å². The smallest absolute Gasteiger partial charge is 0.262 e. The minimum Gasteiger partial charge on any atom is -0.375 e. The van der Waals surface area contributed by atoms with Gasteiger partial charge in [0.1, 0.15) is 0 Å². The molecule has 3 rings (SSSR count). The Balaban J connectivity index is 1.61. The number of anilines is 1. The van der Waals surface area contributed by atoms with Crippen molar-refractivity contribution in [3.8, 4) is 0 Å². The minimum atomic E-state index is -3.83. The Kier molecular flexibility index (Phi) is 7.44. The van der Waals surface area contributed by atoms with E-state index in [0.29, 0.717) is 31.0 Å². The molecule has 0 fully saturated rings. The number of carbonyl (C=O) groups excluding carboxylic acids is 1. The van der Waals surface area contributed by atoms with E-state index in [9.17, 15) is 13.2 Å². The summed E-state index contributed by atoms with van der Waals surface area (Å²) in [6, 6.07) is 21.5. The molecule has 0 aliphatic heterocycles. The second-order valence-corrected chi connectivity index (χ2v) is 8.90. The highest BCUT2D eigenvalue weighted by atomic mass is 32.2. The van der Waals surface area contributed by atoms with Gasteiger partial charge >= 0.3 is 0 Å². The van der Waals surface area contributed by atoms with E-state index in [4.69, 9.17) is 4.74 Å². The zero-order valence-corrected chi connectivity index (χ0v) is 18.4. The number of hydrogen-bond acceptors (Lipinski definition) is 4. The highest BCUT2D eigenvalue weighted by Crippen LogP contribution is 2.21. The van der Waals surface area contributed by atoms with Crippen LogP contribution in [0.5, 0.6) is 0 Å². The van der Waals surface area contributed by atoms with Gasteiger partial charge < -0.3 is 10.1 Å². The fourth-order valence-electron chi connectivity index (χ4n) is 3.05. The molecule has 0 saturated heterocycles. The summed E-state index contributed by atoms with van der Waals surface area (Å²) < 4.78 is 33.9. The molecule has 0 aromatic heterocycles. The molecule has 0 aliphatic rings. The van der Waals surface area contributed by atoms with Crippen molar-refractivity contribution in [3.63, 3.8) is 0 Å². The first-order valence-electron chi connectivity index (χ1n) is 9.95. The van der Waals surface area contributed by atoms with Crippen molar-refractivity contribution >= 4 is 21.6 Å². The first-order chi connectivity index (χ1) is 14.8. The summed E-state index contributed by atoms with van der Waals surface area (Å²) in [6.45, 7) is 4.73. The van der Waals surface area contributed by atoms with Crippen LogP contribution in [0.15, 0.2) is 77.7 Å². The van der Waals surface area contributed by atoms with Gasteiger partial charge in [0, 0.05) is 17.8 Å². The Labute approximate surface area is 183 Å². The number of hydrogen-bond donors (Lipinski definition) is 2. The summed E-state index contributed by atoms with van der Waals surface area (Å²) in [5.41, 5.74) is 3.31. The average Bonchev–Trinajstić information content (AvgIpc) is 2.74. The predicted molar refractivity (Wildman–Crippen MR) is 122 cm³/mol. The second kappa shape index (κ2) is 10.2. The van der Waals surface area contributed by atoms with Crippen molar-refractivity contribution in [2.75, 3.05) is 17.9 Å². The fourth-order valence-corrected chi connectivity index (χ4v) is 4.37. The van der Waals surface area contributed by atoms with Crippen molar-refractivity contribution in [1.82, 2.24) is 5.32 Å². The lowest BCUT2D eigenvalue weighted by atomic mass is 10.1. The summed E-state index contributed by atoms with van der Waals surface area (Å²) in [5, 5.41) is 2.76. The fraction of sp³-hybridized carbons (Fsp3) is 0.208. The highest BCUT2D eigenvalue weighted by Gasteiger charge is 2.19. The van der Waals surface area contributed by atoms with Crippen LogP contribution in [0.3, 0.4) is 0 Å². The first kappa shape index (κ1) is 22.5. The van der Waals surface area contributed by atoms with Crippen LogP contribution in [0, 0.1) is 13.8 Å². The molecule has 3 aromatic carbocycles. The van der Waals surface area contributed by atoms with Crippen molar-refractivity contribution in [1.29, 1.82) is 0 Å². The largest absolute Gasteiger partial charge is 0.375 e. The number of ether oxygens (including phenoxy) is 1. The van der Waals surface area contributed by atoms with Crippen LogP contribution in [0.25, 0.3) is 0 Å². The Morgan fingerprint density at radius 1 is 0.935 bits per heavy atom. The molecular weight excluding hydrogens is 412 g/mol. The molecule has 0 radical (unpaired) electrons. The SMILES string of the molecule is Cc1cccc(NS(=O)(=O)c2cc(C(=O)NCCOCc3ccccc3)ccc2C)c1. The van der Waals surface area contributed by atoms with Gasteiger partial charge in [-0.1, -0.05) is 48.5 Å². The topological polar surface area (TPSA) is 84.5 Å². The molecule has 0 heterocycles. The number of aryl methyl sites for hydroxylation is 2. The third-order valence-corrected chi connectivity index (χ3v) is 6.18. The van der Waals surface area contributed by atoms with Gasteiger partial charge in [0.15, 0.2) is 0 Å². The Bertz CT molecular complexity index is 1150. The van der Waals surface area contributed by atoms with Crippen molar-refractivity contribution in [2.24, 2.45) is 0 Å². The van der Waals surface area contributed by atoms with Gasteiger partial charge in [-0.05, 0) is 54.8 Å². The molecule has 6 nitrogen and oxygen atoms in total. The van der Waals surface area contributed by atoms with Crippen LogP contribution in [0.2, 0.25) is 0 Å². The van der Waals surface area contributed by atoms with Gasteiger partial charge in [0.25, 0.3) is 15.9 Å². The molecule has 0 saturated carbocycles. The van der Waals surface area contributed by atoms with E-state index in [2.05, 4.69) is 10.0 Å². The third kappa shape index (κ3) is 6.41. The zero-order chi connectivity index (χ0) is 22.3. The van der Waals surface area contributed by atoms with Crippen molar-refractivity contribution in [3.05, 3.63) is 95.1 Å². The molecule has 7 heteroatoms. The van der Waals surface area contributed by atoms with Crippen molar-refractivity contribution < 1.29 is 17.9 Å². The third-order valence-electron chi connectivity index (χ3n) is 4.65. The van der Waals surface area contributed by atoms with Crippen LogP contribution < -0.4 is 10.0 Å². The molecule has 162 valence electrons. The quantitative estimate of drug-likeness (QED) is 0.494. The van der Waals surface area contributed by atoms with Crippen LogP contribution >= 0.6 is 0 Å². The number of sulfonamides is 1. The van der Waals surface area contributed by atoms with Crippen LogP contribution in [0.1, 0.15) is 27.0 Å². The second-order valence-electron chi connectivity index (χ2n) is 7.25.